The van der Waals surface area contributed by atoms with Crippen LogP contribution in [0.3, 0.4) is 0 Å². The molecule has 0 aliphatic rings. The smallest absolute Gasteiger partial charge is 0.242 e. The van der Waals surface area contributed by atoms with Crippen molar-refractivity contribution in [3.05, 3.63) is 89.7 Å². The van der Waals surface area contributed by atoms with Gasteiger partial charge < -0.3 is 23.8 Å². The van der Waals surface area contributed by atoms with Crippen LogP contribution in [0.1, 0.15) is 50.9 Å². The van der Waals surface area contributed by atoms with Crippen LogP contribution in [0.5, 0.6) is 5.75 Å². The minimum Gasteiger partial charge on any atom is -0.497 e. The minimum absolute atomic E-state index is 0.0334. The Hall–Kier alpha value is -3.58. The van der Waals surface area contributed by atoms with Crippen LogP contribution >= 0.6 is 0 Å². The van der Waals surface area contributed by atoms with Crippen molar-refractivity contribution in [3.8, 4) is 5.75 Å². The molecule has 2 aromatic carbocycles. The number of ether oxygens (including phenoxy) is 2. The highest BCUT2D eigenvalue weighted by Gasteiger charge is 2.30. The number of carbonyl (C=O) groups excluding carboxylic acids is 2. The lowest BCUT2D eigenvalue weighted by Gasteiger charge is -2.32. The number of aromatic nitrogens is 1. The van der Waals surface area contributed by atoms with E-state index in [1.807, 2.05) is 99.5 Å². The van der Waals surface area contributed by atoms with E-state index in [1.54, 1.807) is 12.0 Å². The average molecular weight is 534 g/mol. The Bertz CT molecular complexity index is 1180. The summed E-state index contributed by atoms with van der Waals surface area (Å²) in [5.41, 5.74) is 2.60. The number of methoxy groups -OCH3 is 1. The Labute approximate surface area is 233 Å². The van der Waals surface area contributed by atoms with Gasteiger partial charge in [0.2, 0.25) is 11.8 Å². The Morgan fingerprint density at radius 2 is 1.64 bits per heavy atom. The summed E-state index contributed by atoms with van der Waals surface area (Å²) in [7, 11) is 1.66. The van der Waals surface area contributed by atoms with Gasteiger partial charge in [0.15, 0.2) is 0 Å². The second kappa shape index (κ2) is 14.5. The van der Waals surface area contributed by atoms with Gasteiger partial charge in [0.05, 0.1) is 20.2 Å². The molecule has 1 heterocycles. The van der Waals surface area contributed by atoms with Crippen molar-refractivity contribution in [2.24, 2.45) is 5.41 Å². The number of carbonyl (C=O) groups is 2. The summed E-state index contributed by atoms with van der Waals surface area (Å²) in [6.45, 7) is 10.9. The molecule has 0 spiro atoms. The Kier molecular flexibility index (Phi) is 11.2. The molecule has 0 unspecified atom stereocenters. The summed E-state index contributed by atoms with van der Waals surface area (Å²) in [6.07, 6.45) is 2.72. The quantitative estimate of drug-likeness (QED) is 0.261. The summed E-state index contributed by atoms with van der Waals surface area (Å²) in [6, 6.07) is 22.0. The zero-order valence-corrected chi connectivity index (χ0v) is 24.1. The van der Waals surface area contributed by atoms with Gasteiger partial charge >= 0.3 is 0 Å². The van der Waals surface area contributed by atoms with Crippen molar-refractivity contribution >= 4 is 11.8 Å². The van der Waals surface area contributed by atoms with Crippen LogP contribution in [0.2, 0.25) is 0 Å². The summed E-state index contributed by atoms with van der Waals surface area (Å²) in [5, 5.41) is 0. The normalized spacial score (nSPS) is 11.3. The molecule has 7 heteroatoms. The van der Waals surface area contributed by atoms with E-state index in [0.29, 0.717) is 45.8 Å². The highest BCUT2D eigenvalue weighted by molar-refractivity contribution is 5.87. The Morgan fingerprint density at radius 3 is 2.33 bits per heavy atom. The fourth-order valence-corrected chi connectivity index (χ4v) is 4.44. The number of hydrogen-bond acceptors (Lipinski definition) is 4. The topological polar surface area (TPSA) is 64.0 Å². The van der Waals surface area contributed by atoms with E-state index < -0.39 is 5.41 Å². The highest BCUT2D eigenvalue weighted by atomic mass is 16.5. The molecule has 7 nitrogen and oxygen atoms in total. The molecule has 0 fully saturated rings. The first kappa shape index (κ1) is 30.0. The van der Waals surface area contributed by atoms with Gasteiger partial charge in [-0.05, 0) is 48.7 Å². The molecule has 210 valence electrons. The van der Waals surface area contributed by atoms with Crippen LogP contribution in [0.4, 0.5) is 0 Å². The van der Waals surface area contributed by atoms with Crippen molar-refractivity contribution in [2.45, 2.75) is 53.8 Å². The molecule has 0 aliphatic carbocycles. The van der Waals surface area contributed by atoms with E-state index in [1.165, 1.54) is 0 Å². The van der Waals surface area contributed by atoms with Crippen molar-refractivity contribution in [1.82, 2.24) is 14.4 Å². The van der Waals surface area contributed by atoms with Gasteiger partial charge in [0, 0.05) is 50.2 Å². The SMILES string of the molecule is CCOCCCN(CC(=O)N(Cc1ccccc1)Cc1cccn1Cc1cccc(OC)c1)C(=O)C(C)(C)C. The molecule has 0 bridgehead atoms. The van der Waals surface area contributed by atoms with Crippen LogP contribution in [0.15, 0.2) is 72.9 Å². The maximum atomic E-state index is 13.8. The largest absolute Gasteiger partial charge is 0.497 e. The van der Waals surface area contributed by atoms with E-state index >= 15 is 0 Å². The molecule has 0 aliphatic heterocycles. The molecule has 3 rings (SSSR count). The van der Waals surface area contributed by atoms with E-state index in [0.717, 1.165) is 22.6 Å². The van der Waals surface area contributed by atoms with Crippen LogP contribution in [0.25, 0.3) is 0 Å². The van der Waals surface area contributed by atoms with Crippen LogP contribution in [0, 0.1) is 5.41 Å². The fraction of sp³-hybridized carbons (Fsp3) is 0.438. The van der Waals surface area contributed by atoms with Crippen molar-refractivity contribution < 1.29 is 19.1 Å². The molecular weight excluding hydrogens is 490 g/mol. The second-order valence-corrected chi connectivity index (χ2v) is 10.7. The molecule has 0 atom stereocenters. The predicted molar refractivity (Wildman–Crippen MR) is 154 cm³/mol. The predicted octanol–water partition coefficient (Wildman–Crippen LogP) is 5.38. The van der Waals surface area contributed by atoms with E-state index in [2.05, 4.69) is 10.6 Å². The van der Waals surface area contributed by atoms with Gasteiger partial charge in [-0.2, -0.15) is 0 Å². The van der Waals surface area contributed by atoms with E-state index in [9.17, 15) is 9.59 Å². The number of nitrogens with zero attached hydrogens (tertiary/aromatic N) is 3. The maximum absolute atomic E-state index is 13.8. The number of hydrogen-bond donors (Lipinski definition) is 0. The van der Waals surface area contributed by atoms with Gasteiger partial charge in [-0.15, -0.1) is 0 Å². The minimum atomic E-state index is -0.582. The van der Waals surface area contributed by atoms with Crippen LogP contribution in [-0.4, -0.2) is 59.6 Å². The first-order valence-electron chi connectivity index (χ1n) is 13.7. The summed E-state index contributed by atoms with van der Waals surface area (Å²) in [4.78, 5) is 30.6. The third-order valence-corrected chi connectivity index (χ3v) is 6.51. The van der Waals surface area contributed by atoms with Gasteiger partial charge in [0.1, 0.15) is 5.75 Å². The van der Waals surface area contributed by atoms with Gasteiger partial charge in [-0.25, -0.2) is 0 Å². The first-order chi connectivity index (χ1) is 18.7. The fourth-order valence-electron chi connectivity index (χ4n) is 4.44. The monoisotopic (exact) mass is 533 g/mol. The Balaban J connectivity index is 1.82. The summed E-state index contributed by atoms with van der Waals surface area (Å²) >= 11 is 0. The van der Waals surface area contributed by atoms with Gasteiger partial charge in [0.25, 0.3) is 0 Å². The lowest BCUT2D eigenvalue weighted by molar-refractivity contribution is -0.146. The highest BCUT2D eigenvalue weighted by Crippen LogP contribution is 2.20. The molecule has 0 saturated heterocycles. The van der Waals surface area contributed by atoms with E-state index in [-0.39, 0.29) is 18.4 Å². The molecule has 39 heavy (non-hydrogen) atoms. The molecule has 2 amide bonds. The van der Waals surface area contributed by atoms with Gasteiger partial charge in [-0.3, -0.25) is 9.59 Å². The maximum Gasteiger partial charge on any atom is 0.242 e. The number of amides is 2. The zero-order chi connectivity index (χ0) is 28.3. The molecule has 3 aromatic rings. The molecule has 0 N–H and O–H groups in total. The summed E-state index contributed by atoms with van der Waals surface area (Å²) in [5.74, 6) is 0.699. The van der Waals surface area contributed by atoms with Crippen LogP contribution in [-0.2, 0) is 34.0 Å². The lowest BCUT2D eigenvalue weighted by Crippen LogP contribution is -2.47. The molecule has 0 saturated carbocycles. The first-order valence-corrected chi connectivity index (χ1v) is 13.7. The third-order valence-electron chi connectivity index (χ3n) is 6.51. The van der Waals surface area contributed by atoms with E-state index in [4.69, 9.17) is 9.47 Å². The molecule has 0 radical (unpaired) electrons. The average Bonchev–Trinajstić information content (AvgIpc) is 3.35. The molecular formula is C32H43N3O4. The Morgan fingerprint density at radius 1 is 0.897 bits per heavy atom. The zero-order valence-electron chi connectivity index (χ0n) is 24.1. The second-order valence-electron chi connectivity index (χ2n) is 10.7. The van der Waals surface area contributed by atoms with Crippen molar-refractivity contribution in [2.75, 3.05) is 33.4 Å². The van der Waals surface area contributed by atoms with Gasteiger partial charge in [-0.1, -0.05) is 63.2 Å². The van der Waals surface area contributed by atoms with Crippen LogP contribution < -0.4 is 4.74 Å². The number of benzene rings is 2. The third kappa shape index (κ3) is 9.29. The lowest BCUT2D eigenvalue weighted by atomic mass is 9.94. The van der Waals surface area contributed by atoms with Crippen molar-refractivity contribution in [1.29, 1.82) is 0 Å². The summed E-state index contributed by atoms with van der Waals surface area (Å²) < 4.78 is 13.0. The molecule has 1 aromatic heterocycles. The standard InChI is InChI=1S/C32H43N3O4/c1-6-39-20-12-19-34(31(37)32(2,3)4)25-30(36)35(22-26-13-8-7-9-14-26)24-28-16-11-18-33(28)23-27-15-10-17-29(21-27)38-5/h7-11,13-18,21H,6,12,19-20,22-25H2,1-5H3. The number of rotatable bonds is 14. The van der Waals surface area contributed by atoms with Crippen molar-refractivity contribution in [3.63, 3.8) is 0 Å².